The van der Waals surface area contributed by atoms with E-state index >= 15 is 0 Å². The van der Waals surface area contributed by atoms with Gasteiger partial charge in [0.05, 0.1) is 28.8 Å². The van der Waals surface area contributed by atoms with E-state index in [4.69, 9.17) is 8.85 Å². The largest absolute Gasteiger partial charge is 0.415 e. The third-order valence-electron chi connectivity index (χ3n) is 7.44. The molecule has 0 bridgehead atoms. The number of hydrogen-bond acceptors (Lipinski definition) is 5. The van der Waals surface area contributed by atoms with Crippen LogP contribution in [-0.2, 0) is 26.1 Å². The van der Waals surface area contributed by atoms with E-state index in [2.05, 4.69) is 72.7 Å². The smallest absolute Gasteiger partial charge is 0.333 e. The second-order valence-electron chi connectivity index (χ2n) is 11.9. The summed E-state index contributed by atoms with van der Waals surface area (Å²) >= 11 is 0. The fourth-order valence-corrected chi connectivity index (χ4v) is 6.98. The molecule has 0 spiro atoms. The van der Waals surface area contributed by atoms with Crippen molar-refractivity contribution in [3.8, 4) is 0 Å². The molecule has 0 radical (unpaired) electrons. The first-order valence-electron chi connectivity index (χ1n) is 11.6. The molecule has 7 nitrogen and oxygen atoms in total. The van der Waals surface area contributed by atoms with E-state index in [0.717, 1.165) is 0 Å². The van der Waals surface area contributed by atoms with Crippen LogP contribution in [0.4, 0.5) is 0 Å². The SMILES string of the molecule is CCc1cn(C2=C[C@H](O[Si](C)(C)C(C)(C)C)[C@@H](CO[Si](C)(C)C(C)(C)C)S2=O)c(=O)[nH]c1=O. The Labute approximate surface area is 202 Å². The van der Waals surface area contributed by atoms with Gasteiger partial charge >= 0.3 is 5.69 Å². The summed E-state index contributed by atoms with van der Waals surface area (Å²) in [5, 5.41) is -0.0730. The van der Waals surface area contributed by atoms with Crippen LogP contribution in [0.2, 0.25) is 36.3 Å². The molecule has 33 heavy (non-hydrogen) atoms. The summed E-state index contributed by atoms with van der Waals surface area (Å²) in [5.41, 5.74) is -0.529. The van der Waals surface area contributed by atoms with Crippen LogP contribution in [0.15, 0.2) is 21.9 Å². The van der Waals surface area contributed by atoms with Gasteiger partial charge < -0.3 is 8.85 Å². The van der Waals surface area contributed by atoms with Crippen molar-refractivity contribution in [1.29, 1.82) is 0 Å². The number of nitrogens with one attached hydrogen (secondary N) is 1. The van der Waals surface area contributed by atoms with Crippen molar-refractivity contribution in [2.75, 3.05) is 6.61 Å². The Kier molecular flexibility index (Phi) is 8.13. The molecule has 0 saturated carbocycles. The summed E-state index contributed by atoms with van der Waals surface area (Å²) in [5.74, 6) is 0. The number of hydrogen-bond donors (Lipinski definition) is 1. The molecule has 1 aliphatic heterocycles. The molecule has 0 fully saturated rings. The van der Waals surface area contributed by atoms with Gasteiger partial charge in [-0.2, -0.15) is 0 Å². The molecule has 1 aliphatic rings. The Morgan fingerprint density at radius 2 is 1.58 bits per heavy atom. The van der Waals surface area contributed by atoms with Gasteiger partial charge in [0.1, 0.15) is 5.03 Å². The van der Waals surface area contributed by atoms with Crippen molar-refractivity contribution in [3.63, 3.8) is 0 Å². The molecule has 3 atom stereocenters. The maximum absolute atomic E-state index is 13.7. The van der Waals surface area contributed by atoms with Gasteiger partial charge in [0, 0.05) is 11.8 Å². The van der Waals surface area contributed by atoms with Crippen LogP contribution < -0.4 is 11.2 Å². The van der Waals surface area contributed by atoms with Gasteiger partial charge in [-0.3, -0.25) is 18.6 Å². The van der Waals surface area contributed by atoms with Gasteiger partial charge in [-0.15, -0.1) is 0 Å². The van der Waals surface area contributed by atoms with Crippen molar-refractivity contribution >= 4 is 32.5 Å². The summed E-state index contributed by atoms with van der Waals surface area (Å²) < 4.78 is 28.2. The van der Waals surface area contributed by atoms with Crippen molar-refractivity contribution in [1.82, 2.24) is 9.55 Å². The average molecular weight is 515 g/mol. The molecular weight excluding hydrogens is 473 g/mol. The van der Waals surface area contributed by atoms with E-state index in [9.17, 15) is 13.8 Å². The Morgan fingerprint density at radius 1 is 1.03 bits per heavy atom. The quantitative estimate of drug-likeness (QED) is 0.543. The molecule has 0 aromatic carbocycles. The first kappa shape index (κ1) is 28.2. The Balaban J connectivity index is 2.51. The predicted molar refractivity (Wildman–Crippen MR) is 142 cm³/mol. The minimum Gasteiger partial charge on any atom is -0.415 e. The molecule has 1 unspecified atom stereocenters. The fourth-order valence-electron chi connectivity index (χ4n) is 2.99. The first-order chi connectivity index (χ1) is 14.8. The highest BCUT2D eigenvalue weighted by molar-refractivity contribution is 7.95. The third kappa shape index (κ3) is 5.95. The molecule has 0 saturated heterocycles. The fraction of sp³-hybridized carbons (Fsp3) is 0.739. The lowest BCUT2D eigenvalue weighted by Gasteiger charge is -2.40. The predicted octanol–water partition coefficient (Wildman–Crippen LogP) is 4.44. The molecule has 1 aromatic heterocycles. The van der Waals surface area contributed by atoms with E-state index in [1.54, 1.807) is 6.08 Å². The van der Waals surface area contributed by atoms with Crippen molar-refractivity contribution in [2.45, 2.75) is 103 Å². The van der Waals surface area contributed by atoms with Crippen molar-refractivity contribution in [2.24, 2.45) is 0 Å². The lowest BCUT2D eigenvalue weighted by atomic mass is 10.2. The zero-order valence-electron chi connectivity index (χ0n) is 22.1. The summed E-state index contributed by atoms with van der Waals surface area (Å²) in [4.78, 5) is 27.0. The number of aromatic nitrogens is 2. The van der Waals surface area contributed by atoms with Gasteiger partial charge in [0.25, 0.3) is 5.56 Å². The van der Waals surface area contributed by atoms with Crippen molar-refractivity contribution in [3.05, 3.63) is 38.7 Å². The highest BCUT2D eigenvalue weighted by Gasteiger charge is 2.46. The highest BCUT2D eigenvalue weighted by atomic mass is 32.2. The normalized spacial score (nSPS) is 22.5. The van der Waals surface area contributed by atoms with E-state index in [-0.39, 0.29) is 10.1 Å². The molecule has 0 amide bonds. The topological polar surface area (TPSA) is 90.4 Å². The first-order valence-corrected chi connectivity index (χ1v) is 18.6. The van der Waals surface area contributed by atoms with Crippen LogP contribution in [0.1, 0.15) is 54.0 Å². The lowest BCUT2D eigenvalue weighted by Crippen LogP contribution is -2.49. The second-order valence-corrected chi connectivity index (χ2v) is 23.1. The zero-order valence-corrected chi connectivity index (χ0v) is 24.9. The van der Waals surface area contributed by atoms with Gasteiger partial charge in [0.2, 0.25) is 0 Å². The minimum atomic E-state index is -2.19. The van der Waals surface area contributed by atoms with Crippen LogP contribution in [0.25, 0.3) is 5.03 Å². The maximum Gasteiger partial charge on any atom is 0.333 e. The zero-order chi connectivity index (χ0) is 25.6. The summed E-state index contributed by atoms with van der Waals surface area (Å²) in [6.45, 7) is 23.8. The van der Waals surface area contributed by atoms with Gasteiger partial charge in [-0.25, -0.2) is 4.79 Å². The van der Waals surface area contributed by atoms with E-state index in [1.165, 1.54) is 10.8 Å². The lowest BCUT2D eigenvalue weighted by molar-refractivity contribution is 0.184. The molecular formula is C23H42N2O5SSi2. The van der Waals surface area contributed by atoms with Gasteiger partial charge in [-0.05, 0) is 48.8 Å². The standard InChI is InChI=1S/C23H42N2O5SSi2/c1-12-16-14-25(21(27)24-20(16)26)19-13-17(30-33(10,11)23(5,6)7)18(31(19)28)15-29-32(8,9)22(2,3)4/h13-14,17-18H,12,15H2,1-11H3,(H,24,26,27)/t17-,18+,31?/m0/s1. The van der Waals surface area contributed by atoms with Crippen LogP contribution in [0.3, 0.4) is 0 Å². The van der Waals surface area contributed by atoms with E-state index in [1.807, 2.05) is 6.92 Å². The molecule has 1 aromatic rings. The van der Waals surface area contributed by atoms with Crippen LogP contribution >= 0.6 is 0 Å². The van der Waals surface area contributed by atoms with E-state index < -0.39 is 50.0 Å². The highest BCUT2D eigenvalue weighted by Crippen LogP contribution is 2.41. The molecule has 2 rings (SSSR count). The maximum atomic E-state index is 13.7. The number of aryl methyl sites for hydroxylation is 1. The molecule has 2 heterocycles. The molecule has 188 valence electrons. The number of nitrogens with zero attached hydrogens (tertiary/aromatic N) is 1. The Morgan fingerprint density at radius 3 is 2.06 bits per heavy atom. The summed E-state index contributed by atoms with van der Waals surface area (Å²) in [7, 11) is -5.80. The third-order valence-corrected chi connectivity index (χ3v) is 18.1. The number of H-pyrrole nitrogens is 1. The minimum absolute atomic E-state index is 0.0189. The monoisotopic (exact) mass is 514 g/mol. The Hall–Kier alpha value is -1.08. The van der Waals surface area contributed by atoms with Crippen LogP contribution in [0, 0.1) is 0 Å². The second kappa shape index (κ2) is 9.52. The summed E-state index contributed by atoms with van der Waals surface area (Å²) in [6, 6.07) is 0. The molecule has 10 heteroatoms. The van der Waals surface area contributed by atoms with Gasteiger partial charge in [-0.1, -0.05) is 48.5 Å². The van der Waals surface area contributed by atoms with Crippen LogP contribution in [-0.4, -0.2) is 48.4 Å². The van der Waals surface area contributed by atoms with Gasteiger partial charge in [0.15, 0.2) is 16.6 Å². The molecule has 1 N–H and O–H groups in total. The van der Waals surface area contributed by atoms with Crippen molar-refractivity contribution < 1.29 is 13.1 Å². The number of aromatic amines is 1. The molecule has 0 aliphatic carbocycles. The van der Waals surface area contributed by atoms with Crippen LogP contribution in [0.5, 0.6) is 0 Å². The number of rotatable bonds is 7. The Bertz CT molecular complexity index is 1040. The summed E-state index contributed by atoms with van der Waals surface area (Å²) in [6.07, 6.45) is 3.34. The van der Waals surface area contributed by atoms with E-state index in [0.29, 0.717) is 23.6 Å². The average Bonchev–Trinajstić information content (AvgIpc) is 2.93.